The number of carbonyl (C=O) groups is 2. The third-order valence-corrected chi connectivity index (χ3v) is 5.78. The molecule has 152 valence electrons. The second-order valence-corrected chi connectivity index (χ2v) is 7.91. The quantitative estimate of drug-likeness (QED) is 0.590. The number of hydrogen-bond acceptors (Lipinski definition) is 6. The number of imidazole rings is 1. The number of hydrogen-bond donors (Lipinski definition) is 0. The normalized spacial score (nSPS) is 12.9. The van der Waals surface area contributed by atoms with Crippen LogP contribution in [0.2, 0.25) is 5.02 Å². The van der Waals surface area contributed by atoms with Crippen LogP contribution in [0, 0.1) is 0 Å². The Morgan fingerprint density at radius 2 is 1.60 bits per heavy atom. The Bertz CT molecular complexity index is 1170. The summed E-state index contributed by atoms with van der Waals surface area (Å²) in [4.78, 5) is 29.5. The maximum Gasteiger partial charge on any atom is 0.245 e. The third kappa shape index (κ3) is 3.59. The molecule has 1 aliphatic rings. The fourth-order valence-corrected chi connectivity index (χ4v) is 4.24. The maximum atomic E-state index is 12.6. The predicted molar refractivity (Wildman–Crippen MR) is 118 cm³/mol. The van der Waals surface area contributed by atoms with Crippen LogP contribution in [0.4, 0.5) is 5.82 Å². The summed E-state index contributed by atoms with van der Waals surface area (Å²) in [5.41, 5.74) is 1.50. The Labute approximate surface area is 182 Å². The summed E-state index contributed by atoms with van der Waals surface area (Å²) in [6.07, 6.45) is 0. The number of carbonyl (C=O) groups excluding carboxylic acids is 2. The summed E-state index contributed by atoms with van der Waals surface area (Å²) >= 11 is 7.28. The topological polar surface area (TPSA) is 76.8 Å². The first kappa shape index (κ1) is 20.2. The summed E-state index contributed by atoms with van der Waals surface area (Å²) in [7, 11) is 1.59. The van der Waals surface area contributed by atoms with Gasteiger partial charge in [-0.2, -0.15) is 10.1 Å². The van der Waals surface area contributed by atoms with E-state index >= 15 is 0 Å². The number of rotatable bonds is 3. The van der Waals surface area contributed by atoms with Gasteiger partial charge in [0, 0.05) is 30.0 Å². The zero-order valence-corrected chi connectivity index (χ0v) is 18.0. The molecule has 1 aromatic heterocycles. The van der Waals surface area contributed by atoms with Crippen molar-refractivity contribution >= 4 is 46.0 Å². The molecule has 7 nitrogen and oxygen atoms in total. The van der Waals surface area contributed by atoms with Crippen LogP contribution in [-0.4, -0.2) is 33.5 Å². The summed E-state index contributed by atoms with van der Waals surface area (Å²) in [5.74, 6) is 0.932. The van der Waals surface area contributed by atoms with Gasteiger partial charge in [-0.15, -0.1) is 0 Å². The molecular weight excluding hydrogens is 424 g/mol. The average Bonchev–Trinajstić information content (AvgIpc) is 3.13. The summed E-state index contributed by atoms with van der Waals surface area (Å²) in [6, 6.07) is 14.3. The zero-order chi connectivity index (χ0) is 21.4. The van der Waals surface area contributed by atoms with Crippen LogP contribution in [0.5, 0.6) is 5.75 Å². The minimum atomic E-state index is -0.307. The highest BCUT2D eigenvalue weighted by Crippen LogP contribution is 2.41. The largest absolute Gasteiger partial charge is 0.497 e. The number of thioether (sulfide) groups is 1. The number of methoxy groups -OCH3 is 1. The average molecular weight is 441 g/mol. The first-order chi connectivity index (χ1) is 14.4. The Kier molecular flexibility index (Phi) is 5.36. The van der Waals surface area contributed by atoms with Gasteiger partial charge in [-0.25, -0.2) is 4.98 Å². The van der Waals surface area contributed by atoms with Crippen molar-refractivity contribution in [1.29, 1.82) is 0 Å². The van der Waals surface area contributed by atoms with E-state index in [1.165, 1.54) is 35.2 Å². The van der Waals surface area contributed by atoms with Gasteiger partial charge in [-0.05, 0) is 60.3 Å². The second kappa shape index (κ2) is 7.97. The molecule has 0 spiro atoms. The minimum absolute atomic E-state index is 0.222. The molecule has 0 bridgehead atoms. The number of ether oxygens (including phenoxy) is 1. The second-order valence-electron chi connectivity index (χ2n) is 6.49. The molecule has 0 aliphatic carbocycles. The van der Waals surface area contributed by atoms with E-state index in [1.807, 2.05) is 24.3 Å². The maximum absolute atomic E-state index is 12.6. The van der Waals surface area contributed by atoms with Crippen molar-refractivity contribution in [3.63, 3.8) is 0 Å². The lowest BCUT2D eigenvalue weighted by atomic mass is 10.2. The molecule has 0 N–H and O–H groups in total. The number of nitrogens with zero attached hydrogens (tertiary/aromatic N) is 4. The highest BCUT2D eigenvalue weighted by Gasteiger charge is 2.32. The van der Waals surface area contributed by atoms with Crippen LogP contribution in [0.15, 0.2) is 58.7 Å². The molecule has 0 fully saturated rings. The highest BCUT2D eigenvalue weighted by atomic mass is 35.5. The first-order valence-electron chi connectivity index (χ1n) is 9.00. The van der Waals surface area contributed by atoms with E-state index in [0.717, 1.165) is 5.56 Å². The van der Waals surface area contributed by atoms with Crippen molar-refractivity contribution in [1.82, 2.24) is 9.55 Å². The van der Waals surface area contributed by atoms with Gasteiger partial charge < -0.3 is 4.74 Å². The SMILES string of the molecule is COc1ccc(C2=NN(C(C)=O)c3nc(-c4ccc(Cl)cc4)n(C(C)=O)c3S2)cc1. The first-order valence-corrected chi connectivity index (χ1v) is 10.2. The van der Waals surface area contributed by atoms with E-state index in [2.05, 4.69) is 10.1 Å². The number of fused-ring (bicyclic) bond motifs is 1. The Morgan fingerprint density at radius 1 is 0.967 bits per heavy atom. The fourth-order valence-electron chi connectivity index (χ4n) is 3.03. The van der Waals surface area contributed by atoms with Crippen LogP contribution in [-0.2, 0) is 4.79 Å². The van der Waals surface area contributed by atoms with E-state index in [1.54, 1.807) is 31.4 Å². The summed E-state index contributed by atoms with van der Waals surface area (Å²) in [6.45, 7) is 2.86. The lowest BCUT2D eigenvalue weighted by Crippen LogP contribution is -2.28. The van der Waals surface area contributed by atoms with E-state index in [0.29, 0.717) is 38.0 Å². The smallest absolute Gasteiger partial charge is 0.245 e. The summed E-state index contributed by atoms with van der Waals surface area (Å²) in [5, 5.41) is 7.39. The molecule has 0 radical (unpaired) electrons. The molecule has 1 aliphatic heterocycles. The Hall–Kier alpha value is -3.10. The van der Waals surface area contributed by atoms with Gasteiger partial charge in [0.25, 0.3) is 0 Å². The lowest BCUT2D eigenvalue weighted by molar-refractivity contribution is -0.116. The van der Waals surface area contributed by atoms with Gasteiger partial charge in [-0.3, -0.25) is 14.2 Å². The van der Waals surface area contributed by atoms with Gasteiger partial charge in [-0.1, -0.05) is 11.6 Å². The van der Waals surface area contributed by atoms with Crippen LogP contribution >= 0.6 is 23.4 Å². The molecular formula is C21H17ClN4O3S. The summed E-state index contributed by atoms with van der Waals surface area (Å²) < 4.78 is 6.70. The number of halogens is 1. The van der Waals surface area contributed by atoms with Gasteiger partial charge in [0.2, 0.25) is 11.8 Å². The lowest BCUT2D eigenvalue weighted by Gasteiger charge is -2.21. The third-order valence-electron chi connectivity index (χ3n) is 4.46. The molecule has 1 amide bonds. The molecule has 0 unspecified atom stereocenters. The number of hydrazone groups is 1. The van der Waals surface area contributed by atoms with Crippen molar-refractivity contribution in [2.75, 3.05) is 12.1 Å². The molecule has 0 saturated heterocycles. The van der Waals surface area contributed by atoms with E-state index in [4.69, 9.17) is 16.3 Å². The van der Waals surface area contributed by atoms with E-state index < -0.39 is 0 Å². The number of aromatic nitrogens is 2. The Morgan fingerprint density at radius 3 is 2.17 bits per heavy atom. The molecule has 2 aromatic carbocycles. The minimum Gasteiger partial charge on any atom is -0.497 e. The molecule has 0 atom stereocenters. The van der Waals surface area contributed by atoms with Gasteiger partial charge in [0.15, 0.2) is 5.82 Å². The van der Waals surface area contributed by atoms with Crippen molar-refractivity contribution in [3.05, 3.63) is 59.1 Å². The van der Waals surface area contributed by atoms with E-state index in [9.17, 15) is 9.59 Å². The zero-order valence-electron chi connectivity index (χ0n) is 16.4. The molecule has 4 rings (SSSR count). The highest BCUT2D eigenvalue weighted by molar-refractivity contribution is 8.14. The molecule has 0 saturated carbocycles. The van der Waals surface area contributed by atoms with Gasteiger partial charge in [0.05, 0.1) is 7.11 Å². The van der Waals surface area contributed by atoms with Crippen LogP contribution in [0.1, 0.15) is 24.2 Å². The number of benzene rings is 2. The van der Waals surface area contributed by atoms with Crippen molar-refractivity contribution in [3.8, 4) is 17.1 Å². The molecule has 2 heterocycles. The molecule has 3 aromatic rings. The monoisotopic (exact) mass is 440 g/mol. The van der Waals surface area contributed by atoms with Crippen LogP contribution in [0.25, 0.3) is 11.4 Å². The van der Waals surface area contributed by atoms with E-state index in [-0.39, 0.29) is 11.8 Å². The van der Waals surface area contributed by atoms with Gasteiger partial charge in [0.1, 0.15) is 21.6 Å². The molecule has 9 heteroatoms. The standard InChI is InChI=1S/C21H17ClN4O3S/c1-12(27)25-18(14-4-8-16(22)9-5-14)23-19-21(25)30-20(24-26(19)13(2)28)15-6-10-17(29-3)11-7-15/h4-11H,1-3H3. The Balaban J connectivity index is 1.86. The predicted octanol–water partition coefficient (Wildman–Crippen LogP) is 4.69. The van der Waals surface area contributed by atoms with Crippen molar-refractivity contribution in [2.24, 2.45) is 5.10 Å². The van der Waals surface area contributed by atoms with Crippen LogP contribution in [0.3, 0.4) is 0 Å². The van der Waals surface area contributed by atoms with Crippen molar-refractivity contribution < 1.29 is 14.3 Å². The number of anilines is 1. The fraction of sp³-hybridized carbons (Fsp3) is 0.143. The van der Waals surface area contributed by atoms with Crippen LogP contribution < -0.4 is 9.75 Å². The van der Waals surface area contributed by atoms with Crippen molar-refractivity contribution in [2.45, 2.75) is 18.9 Å². The molecule has 30 heavy (non-hydrogen) atoms. The van der Waals surface area contributed by atoms with Gasteiger partial charge >= 0.3 is 0 Å². The number of amides is 1.